The standard InChI is InChI=1S/C29H36N4O7/c1-18-14-33(15-19(2)40-18)29(38)23-13-26(35)31-24(16-34)28(37)30-21(12-20-8-4-3-5-9-20)17-39-25-11-7-6-10-22(25)27(36)32-23/h3-11,18-19,21,23-24,34H,12-17H2,1-2H3,(H,30,37)(H,31,35)(H,32,36)/t18-,19+,21-,23+,24+/m1/s1. The average molecular weight is 553 g/mol. The van der Waals surface area contributed by atoms with Crippen molar-refractivity contribution < 1.29 is 33.8 Å². The van der Waals surface area contributed by atoms with Crippen molar-refractivity contribution in [1.29, 1.82) is 0 Å². The summed E-state index contributed by atoms with van der Waals surface area (Å²) in [6, 6.07) is 13.1. The van der Waals surface area contributed by atoms with E-state index >= 15 is 0 Å². The summed E-state index contributed by atoms with van der Waals surface area (Å²) in [5.74, 6) is -2.00. The molecule has 5 atom stereocenters. The van der Waals surface area contributed by atoms with Gasteiger partial charge in [0.2, 0.25) is 17.7 Å². The van der Waals surface area contributed by atoms with Gasteiger partial charge >= 0.3 is 0 Å². The molecule has 0 bridgehead atoms. The van der Waals surface area contributed by atoms with Gasteiger partial charge in [-0.25, -0.2) is 0 Å². The SMILES string of the molecule is C[C@@H]1CN(C(=O)[C@@H]2CC(=O)N[C@@H](CO)C(=O)N[C@H](Cc3ccccc3)COc3ccccc3C(=O)N2)C[C@H](C)O1. The molecule has 2 aromatic rings. The van der Waals surface area contributed by atoms with Crippen molar-refractivity contribution in [3.05, 3.63) is 65.7 Å². The number of morpholine rings is 1. The minimum atomic E-state index is -1.25. The molecule has 1 fully saturated rings. The Morgan fingerprint density at radius 2 is 1.62 bits per heavy atom. The summed E-state index contributed by atoms with van der Waals surface area (Å²) in [7, 11) is 0. The molecular formula is C29H36N4O7. The van der Waals surface area contributed by atoms with Gasteiger partial charge in [-0.3, -0.25) is 19.2 Å². The zero-order chi connectivity index (χ0) is 28.6. The van der Waals surface area contributed by atoms with Gasteiger partial charge in [0, 0.05) is 13.1 Å². The predicted molar refractivity (Wildman–Crippen MR) is 145 cm³/mol. The van der Waals surface area contributed by atoms with Gasteiger partial charge in [-0.15, -0.1) is 0 Å². The highest BCUT2D eigenvalue weighted by Gasteiger charge is 2.34. The van der Waals surface area contributed by atoms with Gasteiger partial charge in [0.25, 0.3) is 5.91 Å². The molecule has 0 aromatic heterocycles. The van der Waals surface area contributed by atoms with E-state index in [1.807, 2.05) is 44.2 Å². The number of hydrogen-bond donors (Lipinski definition) is 4. The van der Waals surface area contributed by atoms with Crippen LogP contribution in [0.4, 0.5) is 0 Å². The van der Waals surface area contributed by atoms with Crippen LogP contribution in [0.1, 0.15) is 36.2 Å². The number of para-hydroxylation sites is 1. The molecule has 11 nitrogen and oxygen atoms in total. The fraction of sp³-hybridized carbons (Fsp3) is 0.448. The number of rotatable bonds is 4. The molecule has 0 saturated carbocycles. The number of carbonyl (C=O) groups excluding carboxylic acids is 4. The molecule has 2 aliphatic heterocycles. The number of carbonyl (C=O) groups is 4. The van der Waals surface area contributed by atoms with Crippen molar-refractivity contribution in [2.24, 2.45) is 0 Å². The number of ether oxygens (including phenoxy) is 2. The number of amides is 4. The van der Waals surface area contributed by atoms with Crippen molar-refractivity contribution >= 4 is 23.6 Å². The second-order valence-corrected chi connectivity index (χ2v) is 10.2. The predicted octanol–water partition coefficient (Wildman–Crippen LogP) is 0.408. The van der Waals surface area contributed by atoms with Gasteiger partial charge in [0.15, 0.2) is 0 Å². The molecule has 0 unspecified atom stereocenters. The van der Waals surface area contributed by atoms with Crippen LogP contribution in [-0.4, -0.2) is 90.3 Å². The Bertz CT molecular complexity index is 1200. The second kappa shape index (κ2) is 13.4. The molecule has 4 amide bonds. The number of fused-ring (bicyclic) bond motifs is 1. The van der Waals surface area contributed by atoms with Crippen LogP contribution in [0.3, 0.4) is 0 Å². The Kier molecular flexibility index (Phi) is 9.73. The Morgan fingerprint density at radius 3 is 2.33 bits per heavy atom. The summed E-state index contributed by atoms with van der Waals surface area (Å²) in [5, 5.41) is 18.0. The Hall–Kier alpha value is -3.96. The molecule has 40 heavy (non-hydrogen) atoms. The van der Waals surface area contributed by atoms with Crippen LogP contribution >= 0.6 is 0 Å². The van der Waals surface area contributed by atoms with Crippen LogP contribution in [0.2, 0.25) is 0 Å². The molecule has 11 heteroatoms. The maximum absolute atomic E-state index is 13.5. The van der Waals surface area contributed by atoms with Crippen LogP contribution < -0.4 is 20.7 Å². The number of nitrogens with one attached hydrogen (secondary N) is 3. The molecule has 0 spiro atoms. The summed E-state index contributed by atoms with van der Waals surface area (Å²) in [4.78, 5) is 54.7. The Labute approximate surface area is 233 Å². The molecule has 4 N–H and O–H groups in total. The lowest BCUT2D eigenvalue weighted by Gasteiger charge is -2.37. The third kappa shape index (κ3) is 7.57. The molecule has 214 valence electrons. The van der Waals surface area contributed by atoms with E-state index in [4.69, 9.17) is 9.47 Å². The quantitative estimate of drug-likeness (QED) is 0.430. The minimum absolute atomic E-state index is 0.0168. The lowest BCUT2D eigenvalue weighted by Crippen LogP contribution is -2.57. The first-order valence-corrected chi connectivity index (χ1v) is 13.4. The van der Waals surface area contributed by atoms with Crippen LogP contribution in [0, 0.1) is 0 Å². The van der Waals surface area contributed by atoms with Crippen molar-refractivity contribution in [3.8, 4) is 5.75 Å². The zero-order valence-electron chi connectivity index (χ0n) is 22.7. The fourth-order valence-electron chi connectivity index (χ4n) is 4.97. The molecule has 2 heterocycles. The van der Waals surface area contributed by atoms with E-state index in [2.05, 4.69) is 16.0 Å². The first kappa shape index (κ1) is 29.0. The lowest BCUT2D eigenvalue weighted by molar-refractivity contribution is -0.146. The smallest absolute Gasteiger partial charge is 0.255 e. The normalized spacial score (nSPS) is 26.3. The van der Waals surface area contributed by atoms with Gasteiger partial charge in [-0.2, -0.15) is 0 Å². The lowest BCUT2D eigenvalue weighted by atomic mass is 10.1. The molecule has 1 saturated heterocycles. The van der Waals surface area contributed by atoms with Crippen molar-refractivity contribution in [2.45, 2.75) is 57.0 Å². The van der Waals surface area contributed by atoms with Gasteiger partial charge in [-0.05, 0) is 38.0 Å². The van der Waals surface area contributed by atoms with Crippen molar-refractivity contribution in [3.63, 3.8) is 0 Å². The van der Waals surface area contributed by atoms with Gasteiger partial charge in [0.05, 0.1) is 36.8 Å². The van der Waals surface area contributed by atoms with E-state index in [0.29, 0.717) is 19.5 Å². The van der Waals surface area contributed by atoms with Crippen molar-refractivity contribution in [1.82, 2.24) is 20.9 Å². The fourth-order valence-corrected chi connectivity index (χ4v) is 4.97. The highest BCUT2D eigenvalue weighted by molar-refractivity contribution is 6.01. The Balaban J connectivity index is 1.63. The van der Waals surface area contributed by atoms with Gasteiger partial charge < -0.3 is 35.4 Å². The summed E-state index contributed by atoms with van der Waals surface area (Å²) in [5.41, 5.74) is 1.14. The maximum Gasteiger partial charge on any atom is 0.255 e. The number of nitrogens with zero attached hydrogens (tertiary/aromatic N) is 1. The molecule has 2 aliphatic rings. The molecule has 2 aromatic carbocycles. The number of hydrogen-bond acceptors (Lipinski definition) is 7. The largest absolute Gasteiger partial charge is 0.491 e. The Morgan fingerprint density at radius 1 is 0.950 bits per heavy atom. The second-order valence-electron chi connectivity index (χ2n) is 10.2. The van der Waals surface area contributed by atoms with E-state index in [-0.39, 0.29) is 30.1 Å². The third-order valence-corrected chi connectivity index (χ3v) is 6.80. The maximum atomic E-state index is 13.5. The molecule has 0 aliphatic carbocycles. The number of aliphatic hydroxyl groups excluding tert-OH is 1. The van der Waals surface area contributed by atoms with E-state index in [1.165, 1.54) is 0 Å². The van der Waals surface area contributed by atoms with Crippen molar-refractivity contribution in [2.75, 3.05) is 26.3 Å². The first-order chi connectivity index (χ1) is 19.2. The molecular weight excluding hydrogens is 516 g/mol. The highest BCUT2D eigenvalue weighted by atomic mass is 16.5. The van der Waals surface area contributed by atoms with Crippen LogP contribution in [0.25, 0.3) is 0 Å². The van der Waals surface area contributed by atoms with Gasteiger partial charge in [0.1, 0.15) is 24.4 Å². The van der Waals surface area contributed by atoms with E-state index in [1.54, 1.807) is 29.2 Å². The highest BCUT2D eigenvalue weighted by Crippen LogP contribution is 2.20. The molecule has 4 rings (SSSR count). The number of benzene rings is 2. The van der Waals surface area contributed by atoms with Crippen LogP contribution in [0.15, 0.2) is 54.6 Å². The van der Waals surface area contributed by atoms with E-state index < -0.39 is 54.8 Å². The average Bonchev–Trinajstić information content (AvgIpc) is 2.93. The summed E-state index contributed by atoms with van der Waals surface area (Å²) >= 11 is 0. The summed E-state index contributed by atoms with van der Waals surface area (Å²) in [6.45, 7) is 3.67. The van der Waals surface area contributed by atoms with E-state index in [0.717, 1.165) is 5.56 Å². The minimum Gasteiger partial charge on any atom is -0.491 e. The third-order valence-electron chi connectivity index (χ3n) is 6.80. The topological polar surface area (TPSA) is 146 Å². The molecule has 0 radical (unpaired) electrons. The van der Waals surface area contributed by atoms with Crippen LogP contribution in [0.5, 0.6) is 5.75 Å². The van der Waals surface area contributed by atoms with Gasteiger partial charge in [-0.1, -0.05) is 42.5 Å². The number of aliphatic hydroxyl groups is 1. The summed E-state index contributed by atoms with van der Waals surface area (Å²) in [6.07, 6.45) is -0.433. The van der Waals surface area contributed by atoms with E-state index in [9.17, 15) is 24.3 Å². The summed E-state index contributed by atoms with van der Waals surface area (Å²) < 4.78 is 11.7. The zero-order valence-corrected chi connectivity index (χ0v) is 22.7. The monoisotopic (exact) mass is 552 g/mol. The van der Waals surface area contributed by atoms with Crippen LogP contribution in [-0.2, 0) is 25.5 Å². The first-order valence-electron chi connectivity index (χ1n) is 13.4.